The Labute approximate surface area is 208 Å². The average molecular weight is 495 g/mol. The molecule has 7 nitrogen and oxygen atoms in total. The van der Waals surface area contributed by atoms with Crippen molar-refractivity contribution in [3.63, 3.8) is 0 Å². The van der Waals surface area contributed by atoms with E-state index in [4.69, 9.17) is 0 Å². The second-order valence-corrected chi connectivity index (χ2v) is 10.5. The van der Waals surface area contributed by atoms with Crippen molar-refractivity contribution in [2.75, 3.05) is 18.4 Å². The number of anilines is 1. The summed E-state index contributed by atoms with van der Waals surface area (Å²) in [5.74, 6) is 0.274. The average Bonchev–Trinajstić information content (AvgIpc) is 3.33. The van der Waals surface area contributed by atoms with Crippen LogP contribution in [0.25, 0.3) is 0 Å². The summed E-state index contributed by atoms with van der Waals surface area (Å²) in [5, 5.41) is 12.6. The molecule has 0 radical (unpaired) electrons. The number of halogens is 2. The Balaban J connectivity index is 1.15. The van der Waals surface area contributed by atoms with E-state index in [0.29, 0.717) is 35.6 Å². The minimum atomic E-state index is -0.597. The lowest BCUT2D eigenvalue weighted by Crippen LogP contribution is -2.49. The highest BCUT2D eigenvalue weighted by Gasteiger charge is 2.53. The normalized spacial score (nSPS) is 23.4. The maximum atomic E-state index is 13.8. The molecule has 188 valence electrons. The molecule has 1 aliphatic carbocycles. The lowest BCUT2D eigenvalue weighted by Gasteiger charge is -2.41. The van der Waals surface area contributed by atoms with Crippen LogP contribution in [0.4, 0.5) is 14.6 Å². The molecule has 0 bridgehead atoms. The van der Waals surface area contributed by atoms with E-state index in [-0.39, 0.29) is 18.0 Å². The second-order valence-electron chi connectivity index (χ2n) is 10.5. The van der Waals surface area contributed by atoms with Gasteiger partial charge in [-0.2, -0.15) is 0 Å². The number of fused-ring (bicyclic) bond motifs is 1. The van der Waals surface area contributed by atoms with Crippen LogP contribution < -0.4 is 10.0 Å². The summed E-state index contributed by atoms with van der Waals surface area (Å²) < 4.78 is 30.5. The zero-order chi connectivity index (χ0) is 25.0. The van der Waals surface area contributed by atoms with Crippen LogP contribution in [0.3, 0.4) is 0 Å². The fourth-order valence-electron chi connectivity index (χ4n) is 6.14. The van der Waals surface area contributed by atoms with Crippen molar-refractivity contribution in [3.05, 3.63) is 77.5 Å². The van der Waals surface area contributed by atoms with Gasteiger partial charge in [0.15, 0.2) is 5.82 Å². The minimum absolute atomic E-state index is 0.119. The van der Waals surface area contributed by atoms with Gasteiger partial charge in [0.05, 0.1) is 12.1 Å². The van der Waals surface area contributed by atoms with Gasteiger partial charge < -0.3 is 9.88 Å². The van der Waals surface area contributed by atoms with Gasteiger partial charge in [-0.25, -0.2) is 13.8 Å². The molecule has 9 heteroatoms. The van der Waals surface area contributed by atoms with Gasteiger partial charge in [0.25, 0.3) is 0 Å². The minimum Gasteiger partial charge on any atom is -0.325 e. The van der Waals surface area contributed by atoms with E-state index in [1.54, 1.807) is 18.6 Å². The van der Waals surface area contributed by atoms with E-state index in [2.05, 4.69) is 15.2 Å². The maximum Gasteiger partial charge on any atom is 0.242 e. The molecule has 6 rings (SSSR count). The highest BCUT2D eigenvalue weighted by atomic mass is 19.1. The van der Waals surface area contributed by atoms with Crippen molar-refractivity contribution in [2.45, 2.75) is 57.0 Å². The third-order valence-corrected chi connectivity index (χ3v) is 8.42. The first-order chi connectivity index (χ1) is 17.3. The SMILES string of the molecule is C[C@@H](C(=O)Nc1cn2c(n1)CC[C@@H]2c1cc(F)cc(F)c1)N1CCC2(CC2)[C@@H](c2cc[n+](O)cc2)C1. The smallest absolute Gasteiger partial charge is 0.242 e. The molecular formula is C27H30F2N5O2+. The van der Waals surface area contributed by atoms with Gasteiger partial charge in [0.1, 0.15) is 17.5 Å². The van der Waals surface area contributed by atoms with Gasteiger partial charge >= 0.3 is 0 Å². The monoisotopic (exact) mass is 494 g/mol. The highest BCUT2D eigenvalue weighted by molar-refractivity contribution is 5.93. The molecule has 1 saturated heterocycles. The quantitative estimate of drug-likeness (QED) is 0.418. The van der Waals surface area contributed by atoms with Crippen LogP contribution in [0.5, 0.6) is 0 Å². The number of rotatable bonds is 5. The van der Waals surface area contributed by atoms with Gasteiger partial charge in [-0.15, -0.1) is 0 Å². The van der Waals surface area contributed by atoms with Gasteiger partial charge in [0, 0.05) is 48.0 Å². The molecule has 4 heterocycles. The van der Waals surface area contributed by atoms with Gasteiger partial charge in [-0.05, 0) is 67.8 Å². The van der Waals surface area contributed by atoms with Crippen LogP contribution >= 0.6 is 0 Å². The first-order valence-electron chi connectivity index (χ1n) is 12.6. The zero-order valence-electron chi connectivity index (χ0n) is 20.2. The Morgan fingerprint density at radius 1 is 1.17 bits per heavy atom. The summed E-state index contributed by atoms with van der Waals surface area (Å²) >= 11 is 0. The molecule has 36 heavy (non-hydrogen) atoms. The van der Waals surface area contributed by atoms with E-state index in [1.807, 2.05) is 23.6 Å². The number of carbonyl (C=O) groups excluding carboxylic acids is 1. The fraction of sp³-hybridized carbons (Fsp3) is 0.444. The molecular weight excluding hydrogens is 464 g/mol. The summed E-state index contributed by atoms with van der Waals surface area (Å²) in [6.45, 7) is 3.58. The van der Waals surface area contributed by atoms with E-state index in [9.17, 15) is 18.8 Å². The molecule has 1 amide bonds. The molecule has 3 atom stereocenters. The fourth-order valence-corrected chi connectivity index (χ4v) is 6.14. The number of hydrogen-bond donors (Lipinski definition) is 2. The number of hydrogen-bond acceptors (Lipinski definition) is 4. The van der Waals surface area contributed by atoms with Crippen LogP contribution in [0, 0.1) is 17.0 Å². The van der Waals surface area contributed by atoms with Gasteiger partial charge in [-0.1, -0.05) is 0 Å². The number of benzene rings is 1. The molecule has 1 saturated carbocycles. The van der Waals surface area contributed by atoms with Crippen molar-refractivity contribution in [3.8, 4) is 0 Å². The van der Waals surface area contributed by atoms with Crippen LogP contribution in [-0.2, 0) is 11.2 Å². The predicted molar refractivity (Wildman–Crippen MR) is 128 cm³/mol. The number of imidazole rings is 1. The number of amides is 1. The Kier molecular flexibility index (Phi) is 5.55. The Morgan fingerprint density at radius 2 is 1.89 bits per heavy atom. The van der Waals surface area contributed by atoms with Gasteiger partial charge in [0.2, 0.25) is 18.3 Å². The Morgan fingerprint density at radius 3 is 2.58 bits per heavy atom. The second kappa shape index (κ2) is 8.65. The summed E-state index contributed by atoms with van der Waals surface area (Å²) in [6, 6.07) is 6.97. The number of aromatic nitrogens is 3. The Bertz CT molecular complexity index is 1280. The number of pyridine rings is 1. The molecule has 0 unspecified atom stereocenters. The molecule has 1 aromatic carbocycles. The number of nitrogens with one attached hydrogen (secondary N) is 1. The number of likely N-dealkylation sites (tertiary alicyclic amines) is 1. The standard InChI is InChI=1S/C27H29F2N5O2/c1-17(32-11-8-27(6-7-27)22(15-32)18-4-9-33(36)10-5-18)26(35)31-24-16-34-23(2-3-25(34)30-24)19-12-20(28)14-21(29)13-19/h4-5,9-10,12-14,16-17,22-23H,2-3,6-8,11,15H2,1H3,(H-,31,35,36)/p+1/t17-,22+,23+/m0/s1. The Hall–Kier alpha value is -3.33. The first-order valence-corrected chi connectivity index (χ1v) is 12.6. The summed E-state index contributed by atoms with van der Waals surface area (Å²) in [7, 11) is 0. The van der Waals surface area contributed by atoms with Crippen LogP contribution in [0.1, 0.15) is 61.5 Å². The van der Waals surface area contributed by atoms with Crippen molar-refractivity contribution in [1.82, 2.24) is 14.5 Å². The number of aryl methyl sites for hydroxylation is 1. The largest absolute Gasteiger partial charge is 0.325 e. The molecule has 2 fully saturated rings. The number of nitrogens with zero attached hydrogens (tertiary/aromatic N) is 4. The molecule has 2 aliphatic heterocycles. The van der Waals surface area contributed by atoms with Crippen molar-refractivity contribution < 1.29 is 23.5 Å². The van der Waals surface area contributed by atoms with Crippen molar-refractivity contribution in [1.29, 1.82) is 0 Å². The first kappa shape index (κ1) is 23.1. The third-order valence-electron chi connectivity index (χ3n) is 8.42. The van der Waals surface area contributed by atoms with E-state index in [1.165, 1.54) is 30.5 Å². The lowest BCUT2D eigenvalue weighted by atomic mass is 9.77. The topological polar surface area (TPSA) is 74.3 Å². The van der Waals surface area contributed by atoms with E-state index in [0.717, 1.165) is 36.1 Å². The summed E-state index contributed by atoms with van der Waals surface area (Å²) in [5.41, 5.74) is 2.07. The van der Waals surface area contributed by atoms with Gasteiger partial charge in [-0.3, -0.25) is 14.9 Å². The van der Waals surface area contributed by atoms with E-state index >= 15 is 0 Å². The third kappa shape index (κ3) is 4.15. The van der Waals surface area contributed by atoms with E-state index < -0.39 is 11.6 Å². The molecule has 2 N–H and O–H groups in total. The van der Waals surface area contributed by atoms with Crippen LogP contribution in [-0.4, -0.2) is 44.7 Å². The molecule has 1 spiro atoms. The predicted octanol–water partition coefficient (Wildman–Crippen LogP) is 3.82. The number of carbonyl (C=O) groups is 1. The number of piperidine rings is 1. The lowest BCUT2D eigenvalue weighted by molar-refractivity contribution is -0.904. The zero-order valence-corrected chi connectivity index (χ0v) is 20.2. The summed E-state index contributed by atoms with van der Waals surface area (Å²) in [6.07, 6.45) is 9.93. The van der Waals surface area contributed by atoms with Crippen molar-refractivity contribution >= 4 is 11.7 Å². The summed E-state index contributed by atoms with van der Waals surface area (Å²) in [4.78, 5) is 20.0. The molecule has 3 aromatic rings. The van der Waals surface area contributed by atoms with Crippen LogP contribution in [0.15, 0.2) is 48.9 Å². The highest BCUT2D eigenvalue weighted by Crippen LogP contribution is 2.60. The molecule has 3 aliphatic rings. The maximum absolute atomic E-state index is 13.8. The van der Waals surface area contributed by atoms with Crippen LogP contribution in [0.2, 0.25) is 0 Å². The molecule has 2 aromatic heterocycles. The van der Waals surface area contributed by atoms with Crippen molar-refractivity contribution in [2.24, 2.45) is 5.41 Å².